The smallest absolute Gasteiger partial charge is 0.271 e. The highest BCUT2D eigenvalue weighted by Gasteiger charge is 2.10. The summed E-state index contributed by atoms with van der Waals surface area (Å²) in [5.41, 5.74) is 3.43. The lowest BCUT2D eigenvalue weighted by Crippen LogP contribution is -2.17. The Morgan fingerprint density at radius 3 is 2.26 bits per heavy atom. The van der Waals surface area contributed by atoms with Gasteiger partial charge in [-0.25, -0.2) is 5.43 Å². The molecule has 0 aromatic heterocycles. The molecule has 7 heteroatoms. The van der Waals surface area contributed by atoms with Crippen molar-refractivity contribution in [1.82, 2.24) is 5.43 Å². The molecule has 0 spiro atoms. The van der Waals surface area contributed by atoms with Gasteiger partial charge in [0.1, 0.15) is 0 Å². The van der Waals surface area contributed by atoms with Gasteiger partial charge < -0.3 is 14.6 Å². The SMILES string of the molecule is COc1cc(/C=N/NC(=O)c2ccc(Cl)cc2)cc(OC)c1O. The average molecular weight is 335 g/mol. The summed E-state index contributed by atoms with van der Waals surface area (Å²) < 4.78 is 10.1. The highest BCUT2D eigenvalue weighted by atomic mass is 35.5. The number of benzene rings is 2. The van der Waals surface area contributed by atoms with Gasteiger partial charge in [0.2, 0.25) is 5.75 Å². The van der Waals surface area contributed by atoms with Crippen LogP contribution in [0.1, 0.15) is 15.9 Å². The van der Waals surface area contributed by atoms with Crippen molar-refractivity contribution in [3.05, 3.63) is 52.5 Å². The predicted molar refractivity (Wildman–Crippen MR) is 87.7 cm³/mol. The third-order valence-electron chi connectivity index (χ3n) is 2.99. The summed E-state index contributed by atoms with van der Waals surface area (Å²) >= 11 is 5.77. The van der Waals surface area contributed by atoms with E-state index in [0.29, 0.717) is 16.1 Å². The summed E-state index contributed by atoms with van der Waals surface area (Å²) in [5, 5.41) is 14.2. The molecule has 2 aromatic carbocycles. The second-order valence-electron chi connectivity index (χ2n) is 4.48. The van der Waals surface area contributed by atoms with Crippen molar-refractivity contribution < 1.29 is 19.4 Å². The van der Waals surface area contributed by atoms with E-state index in [-0.39, 0.29) is 23.2 Å². The van der Waals surface area contributed by atoms with Crippen LogP contribution in [0, 0.1) is 0 Å². The second kappa shape index (κ2) is 7.51. The van der Waals surface area contributed by atoms with E-state index >= 15 is 0 Å². The van der Waals surface area contributed by atoms with E-state index in [4.69, 9.17) is 21.1 Å². The molecule has 2 N–H and O–H groups in total. The molecule has 0 atom stereocenters. The number of amides is 1. The number of rotatable bonds is 5. The van der Waals surface area contributed by atoms with Gasteiger partial charge in [-0.15, -0.1) is 0 Å². The molecule has 0 aliphatic heterocycles. The largest absolute Gasteiger partial charge is 0.502 e. The number of nitrogens with one attached hydrogen (secondary N) is 1. The Balaban J connectivity index is 2.11. The normalized spacial score (nSPS) is 10.6. The summed E-state index contributed by atoms with van der Waals surface area (Å²) in [6.45, 7) is 0. The zero-order chi connectivity index (χ0) is 16.8. The zero-order valence-electron chi connectivity index (χ0n) is 12.5. The van der Waals surface area contributed by atoms with Crippen LogP contribution in [0.4, 0.5) is 0 Å². The average Bonchev–Trinajstić information content (AvgIpc) is 2.56. The van der Waals surface area contributed by atoms with Crippen LogP contribution in [0.25, 0.3) is 0 Å². The van der Waals surface area contributed by atoms with Crippen molar-refractivity contribution in [2.75, 3.05) is 14.2 Å². The number of hydrogen-bond donors (Lipinski definition) is 2. The molecule has 0 fully saturated rings. The maximum Gasteiger partial charge on any atom is 0.271 e. The quantitative estimate of drug-likeness (QED) is 0.651. The molecule has 0 unspecified atom stereocenters. The number of ether oxygens (including phenoxy) is 2. The van der Waals surface area contributed by atoms with Crippen molar-refractivity contribution in [3.8, 4) is 17.2 Å². The third kappa shape index (κ3) is 4.14. The van der Waals surface area contributed by atoms with Crippen LogP contribution in [0.3, 0.4) is 0 Å². The Morgan fingerprint density at radius 1 is 1.17 bits per heavy atom. The van der Waals surface area contributed by atoms with E-state index < -0.39 is 0 Å². The van der Waals surface area contributed by atoms with Crippen molar-refractivity contribution in [2.45, 2.75) is 0 Å². The topological polar surface area (TPSA) is 80.2 Å². The molecule has 0 aliphatic carbocycles. The number of phenolic OH excluding ortho intramolecular Hbond substituents is 1. The van der Waals surface area contributed by atoms with Gasteiger partial charge in [-0.2, -0.15) is 5.10 Å². The molecule has 0 heterocycles. The van der Waals surface area contributed by atoms with Crippen LogP contribution < -0.4 is 14.9 Å². The van der Waals surface area contributed by atoms with Crippen LogP contribution in [-0.4, -0.2) is 31.4 Å². The molecule has 0 bridgehead atoms. The fourth-order valence-electron chi connectivity index (χ4n) is 1.82. The van der Waals surface area contributed by atoms with Crippen LogP contribution in [0.5, 0.6) is 17.2 Å². The van der Waals surface area contributed by atoms with Gasteiger partial charge in [0.05, 0.1) is 20.4 Å². The summed E-state index contributed by atoms with van der Waals surface area (Å²) in [6, 6.07) is 9.57. The predicted octanol–water partition coefficient (Wildman–Crippen LogP) is 2.83. The van der Waals surface area contributed by atoms with Gasteiger partial charge in [-0.3, -0.25) is 4.79 Å². The molecule has 2 rings (SSSR count). The van der Waals surface area contributed by atoms with Gasteiger partial charge in [0.25, 0.3) is 5.91 Å². The summed E-state index contributed by atoms with van der Waals surface area (Å²) in [5.74, 6) is 0.0256. The molecule has 2 aromatic rings. The standard InChI is InChI=1S/C16H15ClN2O4/c1-22-13-7-10(8-14(23-2)15(13)20)9-18-19-16(21)11-3-5-12(17)6-4-11/h3-9,20H,1-2H3,(H,19,21)/b18-9+. The first-order valence-corrected chi connectivity index (χ1v) is 6.97. The van der Waals surface area contributed by atoms with Gasteiger partial charge in [-0.1, -0.05) is 11.6 Å². The Labute approximate surface area is 138 Å². The molecule has 0 aliphatic rings. The lowest BCUT2D eigenvalue weighted by atomic mass is 10.2. The molecule has 120 valence electrons. The number of nitrogens with zero attached hydrogens (tertiary/aromatic N) is 1. The van der Waals surface area contributed by atoms with E-state index in [0.717, 1.165) is 0 Å². The van der Waals surface area contributed by atoms with Crippen LogP contribution >= 0.6 is 11.6 Å². The third-order valence-corrected chi connectivity index (χ3v) is 3.24. The Morgan fingerprint density at radius 2 is 1.74 bits per heavy atom. The van der Waals surface area contributed by atoms with E-state index in [1.165, 1.54) is 20.4 Å². The molecule has 0 radical (unpaired) electrons. The minimum absolute atomic E-state index is 0.0997. The first-order chi connectivity index (χ1) is 11.0. The van der Waals surface area contributed by atoms with Crippen LogP contribution in [0.2, 0.25) is 5.02 Å². The lowest BCUT2D eigenvalue weighted by molar-refractivity contribution is 0.0955. The van der Waals surface area contributed by atoms with Crippen molar-refractivity contribution in [2.24, 2.45) is 5.10 Å². The number of hydrogen-bond acceptors (Lipinski definition) is 5. The minimum Gasteiger partial charge on any atom is -0.502 e. The molecule has 0 saturated carbocycles. The van der Waals surface area contributed by atoms with Gasteiger partial charge in [-0.05, 0) is 36.4 Å². The van der Waals surface area contributed by atoms with E-state index in [2.05, 4.69) is 10.5 Å². The Bertz CT molecular complexity index is 704. The summed E-state index contributed by atoms with van der Waals surface area (Å²) in [4.78, 5) is 11.9. The molecular formula is C16H15ClN2O4. The first kappa shape index (κ1) is 16.6. The van der Waals surface area contributed by atoms with E-state index in [1.54, 1.807) is 36.4 Å². The van der Waals surface area contributed by atoms with E-state index in [9.17, 15) is 9.90 Å². The van der Waals surface area contributed by atoms with Crippen molar-refractivity contribution >= 4 is 23.7 Å². The minimum atomic E-state index is -0.365. The second-order valence-corrected chi connectivity index (χ2v) is 4.92. The lowest BCUT2D eigenvalue weighted by Gasteiger charge is -2.09. The van der Waals surface area contributed by atoms with Gasteiger partial charge >= 0.3 is 0 Å². The van der Waals surface area contributed by atoms with Crippen molar-refractivity contribution in [3.63, 3.8) is 0 Å². The number of hydrazone groups is 1. The van der Waals surface area contributed by atoms with Crippen LogP contribution in [0.15, 0.2) is 41.5 Å². The van der Waals surface area contributed by atoms with Crippen LogP contribution in [-0.2, 0) is 0 Å². The number of carbonyl (C=O) groups is 1. The summed E-state index contributed by atoms with van der Waals surface area (Å²) in [7, 11) is 2.86. The zero-order valence-corrected chi connectivity index (χ0v) is 13.3. The maximum atomic E-state index is 11.9. The first-order valence-electron chi connectivity index (χ1n) is 6.59. The number of halogens is 1. The highest BCUT2D eigenvalue weighted by molar-refractivity contribution is 6.30. The fraction of sp³-hybridized carbons (Fsp3) is 0.125. The van der Waals surface area contributed by atoms with Gasteiger partial charge in [0.15, 0.2) is 11.5 Å². The Kier molecular flexibility index (Phi) is 5.43. The molecular weight excluding hydrogens is 320 g/mol. The number of aromatic hydroxyl groups is 1. The Hall–Kier alpha value is -2.73. The number of carbonyl (C=O) groups excluding carboxylic acids is 1. The fourth-order valence-corrected chi connectivity index (χ4v) is 1.95. The number of phenols is 1. The summed E-state index contributed by atoms with van der Waals surface area (Å²) in [6.07, 6.45) is 1.41. The highest BCUT2D eigenvalue weighted by Crippen LogP contribution is 2.36. The van der Waals surface area contributed by atoms with E-state index in [1.807, 2.05) is 0 Å². The van der Waals surface area contributed by atoms with Crippen molar-refractivity contribution in [1.29, 1.82) is 0 Å². The monoisotopic (exact) mass is 334 g/mol. The maximum absolute atomic E-state index is 11.9. The molecule has 1 amide bonds. The number of methoxy groups -OCH3 is 2. The van der Waals surface area contributed by atoms with Gasteiger partial charge in [0, 0.05) is 16.1 Å². The molecule has 0 saturated heterocycles. The molecule has 6 nitrogen and oxygen atoms in total. The molecule has 23 heavy (non-hydrogen) atoms.